The monoisotopic (exact) mass is 533 g/mol. The Balaban J connectivity index is 1.77. The Labute approximate surface area is 231 Å². The van der Waals surface area contributed by atoms with E-state index in [1.807, 2.05) is 68.4 Å². The summed E-state index contributed by atoms with van der Waals surface area (Å²) >= 11 is 0. The summed E-state index contributed by atoms with van der Waals surface area (Å²) in [6, 6.07) is 25.7. The number of aliphatic carboxylic acids is 1. The molecule has 0 radical (unpaired) electrons. The van der Waals surface area contributed by atoms with Gasteiger partial charge in [0.05, 0.1) is 13.2 Å². The smallest absolute Gasteiger partial charge is 0.320 e. The number of aryl methyl sites for hydroxylation is 1. The third kappa shape index (κ3) is 8.94. The highest BCUT2D eigenvalue weighted by Gasteiger charge is 2.35. The molecule has 3 aromatic rings. The summed E-state index contributed by atoms with van der Waals surface area (Å²) < 4.78 is 11.0. The SMILES string of the molecule is CCOCCOc1ccc(CCC(C)N(CC(CO)c2ccccc2)C(=O)C(C(=O)O)c2ccccc2)cc1. The number of benzene rings is 3. The normalized spacial score (nSPS) is 13.3. The number of carboxylic acid groups (broad SMARTS) is 1. The second-order valence-electron chi connectivity index (χ2n) is 9.54. The van der Waals surface area contributed by atoms with Gasteiger partial charge in [-0.2, -0.15) is 0 Å². The van der Waals surface area contributed by atoms with Gasteiger partial charge in [0, 0.05) is 25.1 Å². The van der Waals surface area contributed by atoms with Crippen molar-refractivity contribution in [2.45, 2.75) is 44.6 Å². The molecule has 3 rings (SSSR count). The van der Waals surface area contributed by atoms with Gasteiger partial charge in [-0.15, -0.1) is 0 Å². The maximum atomic E-state index is 13.8. The lowest BCUT2D eigenvalue weighted by molar-refractivity contribution is -0.148. The van der Waals surface area contributed by atoms with Crippen molar-refractivity contribution in [3.63, 3.8) is 0 Å². The number of aliphatic hydroxyl groups excluding tert-OH is 1. The average molecular weight is 534 g/mol. The fourth-order valence-electron chi connectivity index (χ4n) is 4.57. The maximum Gasteiger partial charge on any atom is 0.320 e. The zero-order chi connectivity index (χ0) is 28.0. The van der Waals surface area contributed by atoms with E-state index in [0.29, 0.717) is 38.2 Å². The van der Waals surface area contributed by atoms with Gasteiger partial charge in [-0.3, -0.25) is 9.59 Å². The number of rotatable bonds is 16. The molecule has 208 valence electrons. The highest BCUT2D eigenvalue weighted by atomic mass is 16.5. The quantitative estimate of drug-likeness (QED) is 0.201. The minimum Gasteiger partial charge on any atom is -0.491 e. The van der Waals surface area contributed by atoms with Crippen molar-refractivity contribution in [2.75, 3.05) is 33.0 Å². The first-order valence-corrected chi connectivity index (χ1v) is 13.5. The summed E-state index contributed by atoms with van der Waals surface area (Å²) in [6.07, 6.45) is 1.33. The summed E-state index contributed by atoms with van der Waals surface area (Å²) in [4.78, 5) is 27.8. The molecular weight excluding hydrogens is 494 g/mol. The highest BCUT2D eigenvalue weighted by Crippen LogP contribution is 2.26. The number of carboxylic acids is 1. The number of amides is 1. The van der Waals surface area contributed by atoms with Gasteiger partial charge in [-0.1, -0.05) is 72.8 Å². The van der Waals surface area contributed by atoms with E-state index < -0.39 is 17.8 Å². The van der Waals surface area contributed by atoms with Gasteiger partial charge < -0.3 is 24.6 Å². The average Bonchev–Trinajstić information content (AvgIpc) is 2.96. The Morgan fingerprint density at radius 1 is 0.872 bits per heavy atom. The van der Waals surface area contributed by atoms with Gasteiger partial charge in [0.15, 0.2) is 5.92 Å². The number of hydrogen-bond acceptors (Lipinski definition) is 5. The minimum atomic E-state index is -1.32. The lowest BCUT2D eigenvalue weighted by Gasteiger charge is -2.34. The Kier molecular flexibility index (Phi) is 12.0. The zero-order valence-electron chi connectivity index (χ0n) is 22.7. The number of hydrogen-bond donors (Lipinski definition) is 2. The third-order valence-corrected chi connectivity index (χ3v) is 6.83. The lowest BCUT2D eigenvalue weighted by atomic mass is 9.93. The van der Waals surface area contributed by atoms with Gasteiger partial charge >= 0.3 is 5.97 Å². The molecule has 0 aliphatic rings. The molecule has 0 saturated carbocycles. The van der Waals surface area contributed by atoms with E-state index in [9.17, 15) is 19.8 Å². The number of ether oxygens (including phenoxy) is 2. The van der Waals surface area contributed by atoms with Crippen molar-refractivity contribution in [1.82, 2.24) is 4.90 Å². The number of carbonyl (C=O) groups is 2. The van der Waals surface area contributed by atoms with Gasteiger partial charge in [0.25, 0.3) is 0 Å². The van der Waals surface area contributed by atoms with E-state index >= 15 is 0 Å². The molecule has 0 aliphatic carbocycles. The molecule has 0 heterocycles. The molecule has 0 saturated heterocycles. The van der Waals surface area contributed by atoms with Crippen LogP contribution in [-0.4, -0.2) is 66.0 Å². The molecule has 39 heavy (non-hydrogen) atoms. The van der Waals surface area contributed by atoms with Crippen LogP contribution in [-0.2, 0) is 20.7 Å². The van der Waals surface area contributed by atoms with Crippen LogP contribution in [0.15, 0.2) is 84.9 Å². The van der Waals surface area contributed by atoms with Crippen LogP contribution in [0.4, 0.5) is 0 Å². The largest absolute Gasteiger partial charge is 0.491 e. The van der Waals surface area contributed by atoms with Crippen LogP contribution >= 0.6 is 0 Å². The Hall–Kier alpha value is -3.68. The van der Waals surface area contributed by atoms with Crippen molar-refractivity contribution in [3.05, 3.63) is 102 Å². The van der Waals surface area contributed by atoms with Crippen LogP contribution < -0.4 is 4.74 Å². The molecule has 0 bridgehead atoms. The predicted octanol–water partition coefficient (Wildman–Crippen LogP) is 4.90. The molecule has 1 amide bonds. The fourth-order valence-corrected chi connectivity index (χ4v) is 4.57. The van der Waals surface area contributed by atoms with Crippen molar-refractivity contribution < 1.29 is 29.3 Å². The van der Waals surface area contributed by atoms with Crippen LogP contribution in [0, 0.1) is 0 Å². The lowest BCUT2D eigenvalue weighted by Crippen LogP contribution is -2.46. The summed E-state index contributed by atoms with van der Waals surface area (Å²) in [5.41, 5.74) is 2.43. The second kappa shape index (κ2) is 15.7. The van der Waals surface area contributed by atoms with Crippen LogP contribution in [0.1, 0.15) is 48.8 Å². The molecule has 3 aromatic carbocycles. The third-order valence-electron chi connectivity index (χ3n) is 6.83. The minimum absolute atomic E-state index is 0.158. The topological polar surface area (TPSA) is 96.3 Å². The fraction of sp³-hybridized carbons (Fsp3) is 0.375. The van der Waals surface area contributed by atoms with E-state index in [-0.39, 0.29) is 25.1 Å². The van der Waals surface area contributed by atoms with Crippen LogP contribution in [0.5, 0.6) is 5.75 Å². The summed E-state index contributed by atoms with van der Waals surface area (Å²) in [7, 11) is 0. The molecule has 0 spiro atoms. The molecule has 0 aromatic heterocycles. The van der Waals surface area contributed by atoms with Crippen molar-refractivity contribution in [2.24, 2.45) is 0 Å². The maximum absolute atomic E-state index is 13.8. The van der Waals surface area contributed by atoms with Crippen LogP contribution in [0.3, 0.4) is 0 Å². The number of aliphatic hydroxyl groups is 1. The Morgan fingerprint density at radius 3 is 2.05 bits per heavy atom. The van der Waals surface area contributed by atoms with E-state index in [2.05, 4.69) is 0 Å². The molecule has 3 unspecified atom stereocenters. The Morgan fingerprint density at radius 2 is 1.49 bits per heavy atom. The Bertz CT molecular complexity index is 1140. The van der Waals surface area contributed by atoms with Crippen LogP contribution in [0.2, 0.25) is 0 Å². The molecule has 7 nitrogen and oxygen atoms in total. The van der Waals surface area contributed by atoms with Crippen molar-refractivity contribution in [3.8, 4) is 5.75 Å². The van der Waals surface area contributed by atoms with Gasteiger partial charge in [-0.25, -0.2) is 0 Å². The molecule has 0 aliphatic heterocycles. The van der Waals surface area contributed by atoms with Crippen molar-refractivity contribution >= 4 is 11.9 Å². The number of carbonyl (C=O) groups excluding carboxylic acids is 1. The number of nitrogens with zero attached hydrogens (tertiary/aromatic N) is 1. The second-order valence-corrected chi connectivity index (χ2v) is 9.54. The van der Waals surface area contributed by atoms with Gasteiger partial charge in [0.2, 0.25) is 5.91 Å². The van der Waals surface area contributed by atoms with Gasteiger partial charge in [0.1, 0.15) is 12.4 Å². The van der Waals surface area contributed by atoms with Gasteiger partial charge in [-0.05, 0) is 55.5 Å². The molecule has 2 N–H and O–H groups in total. The zero-order valence-corrected chi connectivity index (χ0v) is 22.7. The first kappa shape index (κ1) is 29.9. The van der Waals surface area contributed by atoms with E-state index in [4.69, 9.17) is 9.47 Å². The summed E-state index contributed by atoms with van der Waals surface area (Å²) in [5, 5.41) is 20.3. The first-order valence-electron chi connectivity index (χ1n) is 13.5. The molecule has 7 heteroatoms. The molecule has 3 atom stereocenters. The standard InChI is InChI=1S/C32H39NO6/c1-3-38-20-21-39-29-18-16-25(17-19-29)15-14-24(2)33(22-28(23-34)26-10-6-4-7-11-26)31(35)30(32(36)37)27-12-8-5-9-13-27/h4-13,16-19,24,28,30,34H,3,14-15,20-23H2,1-2H3,(H,36,37). The van der Waals surface area contributed by atoms with Crippen molar-refractivity contribution in [1.29, 1.82) is 0 Å². The van der Waals surface area contributed by atoms with E-state index in [1.165, 1.54) is 0 Å². The summed E-state index contributed by atoms with van der Waals surface area (Å²) in [5.74, 6) is -2.56. The molecule has 0 fully saturated rings. The highest BCUT2D eigenvalue weighted by molar-refractivity contribution is 6.02. The first-order chi connectivity index (χ1) is 18.9. The van der Waals surface area contributed by atoms with E-state index in [1.54, 1.807) is 35.2 Å². The van der Waals surface area contributed by atoms with Crippen LogP contribution in [0.25, 0.3) is 0 Å². The molecular formula is C32H39NO6. The van der Waals surface area contributed by atoms with E-state index in [0.717, 1.165) is 16.9 Å². The summed E-state index contributed by atoms with van der Waals surface area (Å²) in [6.45, 7) is 5.62. The predicted molar refractivity (Wildman–Crippen MR) is 151 cm³/mol.